The Morgan fingerprint density at radius 2 is 1.91 bits per heavy atom. The minimum atomic E-state index is 0.326. The van der Waals surface area contributed by atoms with Gasteiger partial charge in [0.1, 0.15) is 0 Å². The molecule has 1 nitrogen and oxygen atoms in total. The fourth-order valence-electron chi connectivity index (χ4n) is 4.07. The number of anilines is 1. The van der Waals surface area contributed by atoms with Gasteiger partial charge < -0.3 is 5.32 Å². The summed E-state index contributed by atoms with van der Waals surface area (Å²) >= 11 is 6.22. The van der Waals surface area contributed by atoms with Gasteiger partial charge in [0.05, 0.1) is 6.04 Å². The summed E-state index contributed by atoms with van der Waals surface area (Å²) in [5.74, 6) is 1.09. The van der Waals surface area contributed by atoms with Crippen LogP contribution < -0.4 is 5.32 Å². The minimum Gasteiger partial charge on any atom is -0.377 e. The van der Waals surface area contributed by atoms with E-state index in [2.05, 4.69) is 61.6 Å². The van der Waals surface area contributed by atoms with Gasteiger partial charge in [0, 0.05) is 16.6 Å². The number of aryl methyl sites for hydroxylation is 2. The molecule has 0 saturated carbocycles. The molecule has 1 aliphatic carbocycles. The SMILES string of the molecule is Cc1ccc(C)c2c1N[C@H](c1cccc(Cl)c1)[C@@H]1CC=C[C@H]21. The second-order valence-corrected chi connectivity index (χ2v) is 6.95. The van der Waals surface area contributed by atoms with Gasteiger partial charge in [0.15, 0.2) is 0 Å². The maximum atomic E-state index is 6.22. The lowest BCUT2D eigenvalue weighted by atomic mass is 9.75. The van der Waals surface area contributed by atoms with Gasteiger partial charge in [0.25, 0.3) is 0 Å². The van der Waals surface area contributed by atoms with Crippen LogP contribution >= 0.6 is 11.6 Å². The monoisotopic (exact) mass is 309 g/mol. The normalized spacial score (nSPS) is 25.5. The van der Waals surface area contributed by atoms with Gasteiger partial charge in [-0.05, 0) is 60.6 Å². The minimum absolute atomic E-state index is 0.326. The summed E-state index contributed by atoms with van der Waals surface area (Å²) in [5.41, 5.74) is 6.80. The van der Waals surface area contributed by atoms with E-state index in [0.29, 0.717) is 17.9 Å². The van der Waals surface area contributed by atoms with Crippen LogP contribution in [0.4, 0.5) is 5.69 Å². The molecular formula is C20H20ClN. The average Bonchev–Trinajstić information content (AvgIpc) is 2.99. The van der Waals surface area contributed by atoms with Crippen molar-refractivity contribution in [1.29, 1.82) is 0 Å². The van der Waals surface area contributed by atoms with E-state index >= 15 is 0 Å². The Hall–Kier alpha value is -1.73. The maximum Gasteiger partial charge on any atom is 0.0554 e. The van der Waals surface area contributed by atoms with E-state index in [0.717, 1.165) is 11.4 Å². The van der Waals surface area contributed by atoms with Crippen molar-refractivity contribution >= 4 is 17.3 Å². The van der Waals surface area contributed by atoms with E-state index in [-0.39, 0.29) is 0 Å². The predicted octanol–water partition coefficient (Wildman–Crippen LogP) is 5.78. The number of fused-ring (bicyclic) bond motifs is 3. The van der Waals surface area contributed by atoms with Crippen molar-refractivity contribution in [1.82, 2.24) is 0 Å². The molecule has 1 heterocycles. The Labute approximate surface area is 137 Å². The van der Waals surface area contributed by atoms with Gasteiger partial charge in [-0.3, -0.25) is 0 Å². The van der Waals surface area contributed by atoms with E-state index in [4.69, 9.17) is 11.6 Å². The summed E-state index contributed by atoms with van der Waals surface area (Å²) in [6.45, 7) is 4.42. The standard InChI is InChI=1S/C20H20ClN/c1-12-9-10-13(2)19-18(12)16-7-4-8-17(16)20(22-19)14-5-3-6-15(21)11-14/h3-7,9-11,16-17,20,22H,8H2,1-2H3/t16-,17+,20+/m0/s1. The smallest absolute Gasteiger partial charge is 0.0554 e. The zero-order chi connectivity index (χ0) is 15.3. The average molecular weight is 310 g/mol. The van der Waals surface area contributed by atoms with Crippen LogP contribution in [-0.2, 0) is 0 Å². The molecule has 0 amide bonds. The number of nitrogens with one attached hydrogen (secondary N) is 1. The zero-order valence-electron chi connectivity index (χ0n) is 12.9. The number of benzene rings is 2. The summed E-state index contributed by atoms with van der Waals surface area (Å²) < 4.78 is 0. The first-order valence-corrected chi connectivity index (χ1v) is 8.31. The molecule has 0 bridgehead atoms. The number of hydrogen-bond acceptors (Lipinski definition) is 1. The molecule has 0 spiro atoms. The fourth-order valence-corrected chi connectivity index (χ4v) is 4.27. The van der Waals surface area contributed by atoms with E-state index < -0.39 is 0 Å². The molecule has 0 saturated heterocycles. The largest absolute Gasteiger partial charge is 0.377 e. The van der Waals surface area contributed by atoms with Crippen LogP contribution in [0.25, 0.3) is 0 Å². The Kier molecular flexibility index (Phi) is 3.27. The maximum absolute atomic E-state index is 6.22. The van der Waals surface area contributed by atoms with Crippen LogP contribution in [-0.4, -0.2) is 0 Å². The second kappa shape index (κ2) is 5.17. The quantitative estimate of drug-likeness (QED) is 0.658. The predicted molar refractivity (Wildman–Crippen MR) is 93.7 cm³/mol. The first kappa shape index (κ1) is 13.9. The molecule has 22 heavy (non-hydrogen) atoms. The third kappa shape index (κ3) is 2.07. The van der Waals surface area contributed by atoms with Gasteiger partial charge in [-0.2, -0.15) is 0 Å². The van der Waals surface area contributed by atoms with Gasteiger partial charge in [-0.15, -0.1) is 0 Å². The highest BCUT2D eigenvalue weighted by atomic mass is 35.5. The molecule has 2 aliphatic rings. The highest BCUT2D eigenvalue weighted by Gasteiger charge is 2.39. The Balaban J connectivity index is 1.86. The topological polar surface area (TPSA) is 12.0 Å². The van der Waals surface area contributed by atoms with E-state index in [1.165, 1.54) is 27.9 Å². The van der Waals surface area contributed by atoms with Crippen molar-refractivity contribution in [3.63, 3.8) is 0 Å². The van der Waals surface area contributed by atoms with E-state index in [1.807, 2.05) is 6.07 Å². The molecule has 0 unspecified atom stereocenters. The van der Waals surface area contributed by atoms with Gasteiger partial charge in [-0.25, -0.2) is 0 Å². The lowest BCUT2D eigenvalue weighted by Crippen LogP contribution is -2.30. The van der Waals surface area contributed by atoms with Gasteiger partial charge >= 0.3 is 0 Å². The van der Waals surface area contributed by atoms with Crippen molar-refractivity contribution < 1.29 is 0 Å². The molecule has 0 aromatic heterocycles. The van der Waals surface area contributed by atoms with Crippen LogP contribution in [0.2, 0.25) is 5.02 Å². The van der Waals surface area contributed by atoms with Crippen LogP contribution in [0.3, 0.4) is 0 Å². The molecule has 112 valence electrons. The number of allylic oxidation sites excluding steroid dienone is 2. The summed E-state index contributed by atoms with van der Waals surface area (Å²) in [7, 11) is 0. The van der Waals surface area contributed by atoms with Crippen molar-refractivity contribution in [2.75, 3.05) is 5.32 Å². The highest BCUT2D eigenvalue weighted by molar-refractivity contribution is 6.30. The first-order chi connectivity index (χ1) is 10.6. The number of rotatable bonds is 1. The van der Waals surface area contributed by atoms with Gasteiger partial charge in [-0.1, -0.05) is 48.0 Å². The third-order valence-electron chi connectivity index (χ3n) is 5.15. The molecular weight excluding hydrogens is 290 g/mol. The molecule has 2 aromatic rings. The first-order valence-electron chi connectivity index (χ1n) is 7.94. The Bertz CT molecular complexity index is 762. The molecule has 3 atom stereocenters. The van der Waals surface area contributed by atoms with Crippen molar-refractivity contribution in [2.45, 2.75) is 32.2 Å². The van der Waals surface area contributed by atoms with Crippen molar-refractivity contribution in [3.05, 3.63) is 75.8 Å². The highest BCUT2D eigenvalue weighted by Crippen LogP contribution is 2.51. The molecule has 0 fully saturated rings. The molecule has 4 rings (SSSR count). The second-order valence-electron chi connectivity index (χ2n) is 6.52. The van der Waals surface area contributed by atoms with Crippen molar-refractivity contribution in [3.8, 4) is 0 Å². The Morgan fingerprint density at radius 1 is 1.09 bits per heavy atom. The number of halogens is 1. The van der Waals surface area contributed by atoms with E-state index in [9.17, 15) is 0 Å². The van der Waals surface area contributed by atoms with Crippen molar-refractivity contribution in [2.24, 2.45) is 5.92 Å². The van der Waals surface area contributed by atoms with Crippen LogP contribution in [0.15, 0.2) is 48.6 Å². The van der Waals surface area contributed by atoms with Crippen LogP contribution in [0.5, 0.6) is 0 Å². The lowest BCUT2D eigenvalue weighted by molar-refractivity contribution is 0.424. The summed E-state index contributed by atoms with van der Waals surface area (Å²) in [6, 6.07) is 13.1. The van der Waals surface area contributed by atoms with Crippen LogP contribution in [0.1, 0.15) is 40.6 Å². The summed E-state index contributed by atoms with van der Waals surface area (Å²) in [5, 5.41) is 4.64. The third-order valence-corrected chi connectivity index (χ3v) is 5.39. The summed E-state index contributed by atoms with van der Waals surface area (Å²) in [4.78, 5) is 0. The Morgan fingerprint density at radius 3 is 2.73 bits per heavy atom. The summed E-state index contributed by atoms with van der Waals surface area (Å²) in [6.07, 6.45) is 5.86. The lowest BCUT2D eigenvalue weighted by Gasteiger charge is -2.39. The number of hydrogen-bond donors (Lipinski definition) is 1. The van der Waals surface area contributed by atoms with Crippen LogP contribution in [0, 0.1) is 19.8 Å². The molecule has 2 aromatic carbocycles. The van der Waals surface area contributed by atoms with E-state index in [1.54, 1.807) is 0 Å². The molecule has 0 radical (unpaired) electrons. The zero-order valence-corrected chi connectivity index (χ0v) is 13.7. The molecule has 2 heteroatoms. The fraction of sp³-hybridized carbons (Fsp3) is 0.300. The molecule has 1 N–H and O–H groups in total. The molecule has 1 aliphatic heterocycles. The van der Waals surface area contributed by atoms with Gasteiger partial charge in [0.2, 0.25) is 0 Å².